The van der Waals surface area contributed by atoms with Crippen molar-refractivity contribution in [3.05, 3.63) is 0 Å². The summed E-state index contributed by atoms with van der Waals surface area (Å²) < 4.78 is 15.7. The minimum Gasteiger partial charge on any atom is -0.382 e. The summed E-state index contributed by atoms with van der Waals surface area (Å²) in [5, 5.41) is 13.4. The number of hydrogen-bond acceptors (Lipinski definition) is 9. The van der Waals surface area contributed by atoms with Crippen LogP contribution >= 0.6 is 0 Å². The van der Waals surface area contributed by atoms with E-state index in [0.717, 1.165) is 97.3 Å². The van der Waals surface area contributed by atoms with E-state index >= 15 is 0 Å². The molecule has 11 nitrogen and oxygen atoms in total. The lowest BCUT2D eigenvalue weighted by atomic mass is 10.00. The van der Waals surface area contributed by atoms with E-state index in [9.17, 15) is 9.59 Å². The monoisotopic (exact) mass is 869 g/mol. The van der Waals surface area contributed by atoms with Gasteiger partial charge in [0.1, 0.15) is 0 Å². The SMILES string of the molecule is COCCOCCOCCC(=O)NCCCCCCCCCCCCCCCCCCCCCCCCC(=O)NCCCCCCC(CNCCCCN)CNCCCCN. The van der Waals surface area contributed by atoms with E-state index in [4.69, 9.17) is 25.7 Å². The van der Waals surface area contributed by atoms with Gasteiger partial charge in [0.2, 0.25) is 11.8 Å². The molecule has 0 heterocycles. The number of carbonyl (C=O) groups excluding carboxylic acids is 2. The van der Waals surface area contributed by atoms with Gasteiger partial charge in [0, 0.05) is 33.0 Å². The lowest BCUT2D eigenvalue weighted by Crippen LogP contribution is -2.32. The summed E-state index contributed by atoms with van der Waals surface area (Å²) >= 11 is 0. The second kappa shape index (κ2) is 53.0. The molecule has 0 bridgehead atoms. The predicted octanol–water partition coefficient (Wildman–Crippen LogP) is 9.48. The molecule has 11 heteroatoms. The summed E-state index contributed by atoms with van der Waals surface area (Å²) in [6.45, 7) is 10.1. The van der Waals surface area contributed by atoms with Crippen LogP contribution in [-0.2, 0) is 23.8 Å². The van der Waals surface area contributed by atoms with Gasteiger partial charge in [-0.25, -0.2) is 0 Å². The molecule has 364 valence electrons. The van der Waals surface area contributed by atoms with Crippen LogP contribution in [0.3, 0.4) is 0 Å². The highest BCUT2D eigenvalue weighted by Crippen LogP contribution is 2.16. The third kappa shape index (κ3) is 51.2. The van der Waals surface area contributed by atoms with Gasteiger partial charge in [-0.1, -0.05) is 148 Å². The Kier molecular flexibility index (Phi) is 51.8. The number of rotatable bonds is 53. The number of hydrogen-bond donors (Lipinski definition) is 6. The van der Waals surface area contributed by atoms with Gasteiger partial charge in [-0.15, -0.1) is 0 Å². The zero-order valence-electron chi connectivity index (χ0n) is 40.3. The highest BCUT2D eigenvalue weighted by Gasteiger charge is 2.09. The van der Waals surface area contributed by atoms with Gasteiger partial charge >= 0.3 is 0 Å². The van der Waals surface area contributed by atoms with Crippen molar-refractivity contribution in [3.63, 3.8) is 0 Å². The zero-order chi connectivity index (χ0) is 44.2. The number of ether oxygens (including phenoxy) is 3. The van der Waals surface area contributed by atoms with Crippen LogP contribution in [0.25, 0.3) is 0 Å². The Labute approximate surface area is 377 Å². The van der Waals surface area contributed by atoms with Crippen LogP contribution in [-0.4, -0.2) is 104 Å². The molecule has 2 amide bonds. The van der Waals surface area contributed by atoms with Crippen LogP contribution in [0.4, 0.5) is 0 Å². The molecule has 0 radical (unpaired) electrons. The summed E-state index contributed by atoms with van der Waals surface area (Å²) in [6.07, 6.45) is 40.9. The molecule has 0 aliphatic carbocycles. The van der Waals surface area contributed by atoms with Crippen molar-refractivity contribution >= 4 is 11.8 Å². The van der Waals surface area contributed by atoms with Gasteiger partial charge in [-0.05, 0) is 96.6 Å². The van der Waals surface area contributed by atoms with E-state index in [1.807, 2.05) is 0 Å². The number of nitrogens with two attached hydrogens (primary N) is 2. The van der Waals surface area contributed by atoms with Gasteiger partial charge in [0.25, 0.3) is 0 Å². The molecule has 0 atom stereocenters. The van der Waals surface area contributed by atoms with Crippen LogP contribution in [0, 0.1) is 5.92 Å². The fraction of sp³-hybridized carbons (Fsp3) is 0.960. The second-order valence-corrected chi connectivity index (χ2v) is 17.7. The molecule has 8 N–H and O–H groups in total. The van der Waals surface area contributed by atoms with E-state index in [-0.39, 0.29) is 11.8 Å². The quantitative estimate of drug-likeness (QED) is 0.0327. The predicted molar refractivity (Wildman–Crippen MR) is 259 cm³/mol. The summed E-state index contributed by atoms with van der Waals surface area (Å²) in [4.78, 5) is 24.2. The number of amides is 2. The zero-order valence-corrected chi connectivity index (χ0v) is 40.3. The smallest absolute Gasteiger partial charge is 0.222 e. The highest BCUT2D eigenvalue weighted by atomic mass is 16.5. The van der Waals surface area contributed by atoms with Crippen LogP contribution in [0.5, 0.6) is 0 Å². The largest absolute Gasteiger partial charge is 0.382 e. The molecule has 0 aliphatic heterocycles. The van der Waals surface area contributed by atoms with Crippen LogP contribution in [0.2, 0.25) is 0 Å². The summed E-state index contributed by atoms with van der Waals surface area (Å²) in [7, 11) is 1.65. The molecule has 0 unspecified atom stereocenters. The first-order valence-corrected chi connectivity index (χ1v) is 26.1. The Morgan fingerprint density at radius 2 is 0.738 bits per heavy atom. The van der Waals surface area contributed by atoms with Crippen LogP contribution in [0.15, 0.2) is 0 Å². The Morgan fingerprint density at radius 1 is 0.393 bits per heavy atom. The maximum absolute atomic E-state index is 12.3. The van der Waals surface area contributed by atoms with Gasteiger partial charge < -0.3 is 46.9 Å². The van der Waals surface area contributed by atoms with Crippen molar-refractivity contribution in [3.8, 4) is 0 Å². The molecule has 0 aliphatic rings. The van der Waals surface area contributed by atoms with Crippen molar-refractivity contribution in [2.24, 2.45) is 17.4 Å². The Balaban J connectivity index is 3.37. The third-order valence-corrected chi connectivity index (χ3v) is 11.8. The molecular formula is C50H104N6O5. The Morgan fingerprint density at radius 3 is 1.16 bits per heavy atom. The third-order valence-electron chi connectivity index (χ3n) is 11.8. The lowest BCUT2D eigenvalue weighted by molar-refractivity contribution is -0.122. The average molecular weight is 869 g/mol. The number of methoxy groups -OCH3 is 1. The van der Waals surface area contributed by atoms with Gasteiger partial charge in [-0.2, -0.15) is 0 Å². The number of nitrogens with one attached hydrogen (secondary N) is 4. The minimum absolute atomic E-state index is 0.0783. The van der Waals surface area contributed by atoms with E-state index in [0.29, 0.717) is 51.8 Å². The lowest BCUT2D eigenvalue weighted by Gasteiger charge is -2.18. The molecule has 0 fully saturated rings. The topological polar surface area (TPSA) is 162 Å². The fourth-order valence-electron chi connectivity index (χ4n) is 7.80. The molecule has 0 spiro atoms. The Hall–Kier alpha value is -1.34. The molecular weight excluding hydrogens is 765 g/mol. The highest BCUT2D eigenvalue weighted by molar-refractivity contribution is 5.76. The first kappa shape index (κ1) is 59.7. The summed E-state index contributed by atoms with van der Waals surface area (Å²) in [5.41, 5.74) is 11.3. The molecule has 0 rings (SSSR count). The van der Waals surface area contributed by atoms with Gasteiger partial charge in [0.15, 0.2) is 0 Å². The summed E-state index contributed by atoms with van der Waals surface area (Å²) in [5.74, 6) is 0.991. The average Bonchev–Trinajstić information content (AvgIpc) is 3.26. The van der Waals surface area contributed by atoms with E-state index in [1.165, 1.54) is 154 Å². The van der Waals surface area contributed by atoms with E-state index in [2.05, 4.69) is 21.3 Å². The molecule has 61 heavy (non-hydrogen) atoms. The minimum atomic E-state index is 0.0783. The van der Waals surface area contributed by atoms with Crippen molar-refractivity contribution in [2.75, 3.05) is 92.5 Å². The molecule has 0 aromatic rings. The maximum atomic E-state index is 12.3. The van der Waals surface area contributed by atoms with Crippen molar-refractivity contribution in [1.82, 2.24) is 21.3 Å². The molecule has 0 saturated carbocycles. The number of unbranched alkanes of at least 4 members (excludes halogenated alkanes) is 26. The van der Waals surface area contributed by atoms with Crippen LogP contribution < -0.4 is 32.7 Å². The first-order valence-electron chi connectivity index (χ1n) is 26.1. The molecule has 0 saturated heterocycles. The fourth-order valence-corrected chi connectivity index (χ4v) is 7.80. The van der Waals surface area contributed by atoms with Crippen LogP contribution in [0.1, 0.15) is 212 Å². The first-order chi connectivity index (χ1) is 30.1. The second-order valence-electron chi connectivity index (χ2n) is 17.7. The maximum Gasteiger partial charge on any atom is 0.222 e. The van der Waals surface area contributed by atoms with Crippen molar-refractivity contribution in [1.29, 1.82) is 0 Å². The van der Waals surface area contributed by atoms with Crippen molar-refractivity contribution < 1.29 is 23.8 Å². The molecule has 0 aromatic carbocycles. The normalized spacial score (nSPS) is 11.5. The van der Waals surface area contributed by atoms with E-state index in [1.54, 1.807) is 7.11 Å². The molecule has 0 aromatic heterocycles. The standard InChI is InChI=1S/C50H104N6O5/c1-59-42-43-61-45-44-60-41-34-50(58)56-40-28-22-19-17-15-13-11-9-7-5-3-2-4-6-8-10-12-14-16-18-20-25-33-49(57)55-39-29-23-21-24-32-48(46-53-37-30-26-35-51)47-54-38-31-27-36-52/h48,53-54H,2-47,51-52H2,1H3,(H,55,57)(H,56,58). The van der Waals surface area contributed by atoms with Gasteiger partial charge in [0.05, 0.1) is 33.0 Å². The number of carbonyl (C=O) groups is 2. The van der Waals surface area contributed by atoms with Gasteiger partial charge in [-0.3, -0.25) is 9.59 Å². The van der Waals surface area contributed by atoms with E-state index < -0.39 is 0 Å². The summed E-state index contributed by atoms with van der Waals surface area (Å²) in [6, 6.07) is 0. The van der Waals surface area contributed by atoms with Crippen molar-refractivity contribution in [2.45, 2.75) is 212 Å². The Bertz CT molecular complexity index is 858.